The van der Waals surface area contributed by atoms with E-state index in [2.05, 4.69) is 25.3 Å². The molecule has 1 aliphatic carbocycles. The van der Waals surface area contributed by atoms with Gasteiger partial charge in [-0.05, 0) is 39.0 Å². The van der Waals surface area contributed by atoms with Gasteiger partial charge in [-0.15, -0.1) is 0 Å². The Morgan fingerprint density at radius 2 is 2.16 bits per heavy atom. The lowest BCUT2D eigenvalue weighted by Crippen LogP contribution is -2.56. The fourth-order valence-electron chi connectivity index (χ4n) is 4.83. The van der Waals surface area contributed by atoms with Crippen LogP contribution in [0.5, 0.6) is 0 Å². The Morgan fingerprint density at radius 3 is 2.84 bits per heavy atom. The summed E-state index contributed by atoms with van der Waals surface area (Å²) in [5, 5.41) is 23.6. The largest absolute Gasteiger partial charge is 0.388 e. The molecule has 5 rings (SSSR count). The Morgan fingerprint density at radius 1 is 1.34 bits per heavy atom. The van der Waals surface area contributed by atoms with Crippen LogP contribution in [0.15, 0.2) is 22.2 Å². The predicted molar refractivity (Wildman–Crippen MR) is 121 cm³/mol. The van der Waals surface area contributed by atoms with Gasteiger partial charge in [-0.3, -0.25) is 4.99 Å². The molecule has 0 radical (unpaired) electrons. The third-order valence-electron chi connectivity index (χ3n) is 6.69. The highest BCUT2D eigenvalue weighted by Gasteiger charge is 2.52. The molecule has 172 valence electrons. The summed E-state index contributed by atoms with van der Waals surface area (Å²) in [6, 6.07) is 2.05. The van der Waals surface area contributed by atoms with Crippen LogP contribution in [-0.4, -0.2) is 72.9 Å². The van der Waals surface area contributed by atoms with Crippen molar-refractivity contribution in [2.45, 2.75) is 64.0 Å². The van der Waals surface area contributed by atoms with E-state index in [1.165, 1.54) is 0 Å². The lowest BCUT2D eigenvalue weighted by atomic mass is 9.85. The Bertz CT molecular complexity index is 1080. The number of aromatic nitrogens is 3. The van der Waals surface area contributed by atoms with Gasteiger partial charge in [0, 0.05) is 31.6 Å². The maximum atomic E-state index is 14.8. The molecule has 1 saturated heterocycles. The number of likely N-dealkylation sites (tertiary alicyclic amines) is 1. The first kappa shape index (κ1) is 21.3. The van der Waals surface area contributed by atoms with Crippen LogP contribution in [0, 0.1) is 5.92 Å². The van der Waals surface area contributed by atoms with Crippen LogP contribution in [0.3, 0.4) is 0 Å². The fraction of sp³-hybridized carbons (Fsp3) is 0.636. The second-order valence-electron chi connectivity index (χ2n) is 9.25. The molecule has 4 heterocycles. The Hall–Kier alpha value is -2.59. The SMILES string of the molecule is CC(C)n1c(CO)nc2cnc(NC3=NC(N4CC[C@@](O)(C5CC5)[C@H](F)C4)=NCC3)cc21. The molecule has 0 aromatic carbocycles. The molecule has 10 heteroatoms. The van der Waals surface area contributed by atoms with E-state index in [0.29, 0.717) is 43.5 Å². The number of hydrogen-bond acceptors (Lipinski definition) is 8. The standard InChI is InChI=1S/C22H30FN7O2/c1-13(2)30-16-9-19(25-10-15(16)26-20(30)12-31)27-18-5-7-24-21(28-18)29-8-6-22(32,14-3-4-14)17(23)11-29/h9-10,13-14,17,31-32H,3-8,11-12H2,1-2H3,(H,24,25,27,28)/t17-,22-/m1/s1. The van der Waals surface area contributed by atoms with Gasteiger partial charge in [-0.1, -0.05) is 0 Å². The number of halogens is 1. The zero-order valence-electron chi connectivity index (χ0n) is 18.5. The Kier molecular flexibility index (Phi) is 5.37. The number of hydrogen-bond donors (Lipinski definition) is 3. The number of aliphatic imine (C=N–C) groups is 2. The van der Waals surface area contributed by atoms with Crippen molar-refractivity contribution in [2.75, 3.05) is 25.0 Å². The van der Waals surface area contributed by atoms with Crippen molar-refractivity contribution in [1.82, 2.24) is 19.4 Å². The first-order valence-corrected chi connectivity index (χ1v) is 11.4. The average molecular weight is 444 g/mol. The Labute approximate surface area is 186 Å². The van der Waals surface area contributed by atoms with E-state index < -0.39 is 11.8 Å². The van der Waals surface area contributed by atoms with Gasteiger partial charge in [-0.25, -0.2) is 19.4 Å². The second-order valence-corrected chi connectivity index (χ2v) is 9.25. The number of guanidine groups is 1. The normalized spacial score (nSPS) is 26.4. The molecule has 2 fully saturated rings. The minimum Gasteiger partial charge on any atom is -0.388 e. The first-order valence-electron chi connectivity index (χ1n) is 11.4. The van der Waals surface area contributed by atoms with Crippen molar-refractivity contribution in [3.05, 3.63) is 18.1 Å². The van der Waals surface area contributed by atoms with Crippen molar-refractivity contribution in [3.8, 4) is 0 Å². The van der Waals surface area contributed by atoms with E-state index >= 15 is 0 Å². The van der Waals surface area contributed by atoms with Gasteiger partial charge in [-0.2, -0.15) is 0 Å². The summed E-state index contributed by atoms with van der Waals surface area (Å²) in [7, 11) is 0. The zero-order chi connectivity index (χ0) is 22.5. The first-order chi connectivity index (χ1) is 15.4. The molecular weight excluding hydrogens is 413 g/mol. The van der Waals surface area contributed by atoms with E-state index in [1.807, 2.05) is 29.4 Å². The number of pyridine rings is 1. The maximum absolute atomic E-state index is 14.8. The number of imidazole rings is 1. The molecule has 3 N–H and O–H groups in total. The number of anilines is 1. The number of fused-ring (bicyclic) bond motifs is 1. The van der Waals surface area contributed by atoms with Gasteiger partial charge in [0.05, 0.1) is 18.3 Å². The molecule has 2 aliphatic heterocycles. The molecule has 0 unspecified atom stereocenters. The number of nitrogens with one attached hydrogen (secondary N) is 1. The van der Waals surface area contributed by atoms with Crippen LogP contribution >= 0.6 is 0 Å². The highest BCUT2D eigenvalue weighted by Crippen LogP contribution is 2.46. The molecule has 3 aliphatic rings. The van der Waals surface area contributed by atoms with E-state index in [-0.39, 0.29) is 25.1 Å². The van der Waals surface area contributed by atoms with Gasteiger partial charge < -0.3 is 25.0 Å². The number of aliphatic hydroxyl groups is 2. The van der Waals surface area contributed by atoms with E-state index in [9.17, 15) is 14.6 Å². The van der Waals surface area contributed by atoms with Crippen LogP contribution in [0.1, 0.15) is 51.4 Å². The fourth-order valence-corrected chi connectivity index (χ4v) is 4.83. The molecule has 0 bridgehead atoms. The Balaban J connectivity index is 1.33. The van der Waals surface area contributed by atoms with Crippen LogP contribution in [0.25, 0.3) is 11.0 Å². The summed E-state index contributed by atoms with van der Waals surface area (Å²) in [5.41, 5.74) is 0.428. The average Bonchev–Trinajstić information content (AvgIpc) is 3.57. The molecule has 1 saturated carbocycles. The number of piperidine rings is 1. The number of amidine groups is 1. The topological polar surface area (TPSA) is 111 Å². The molecule has 32 heavy (non-hydrogen) atoms. The molecule has 0 spiro atoms. The zero-order valence-corrected chi connectivity index (χ0v) is 18.5. The minimum absolute atomic E-state index is 0.0975. The van der Waals surface area contributed by atoms with Gasteiger partial charge in [0.25, 0.3) is 0 Å². The smallest absolute Gasteiger partial charge is 0.222 e. The summed E-state index contributed by atoms with van der Waals surface area (Å²) >= 11 is 0. The van der Waals surface area contributed by atoms with E-state index in [4.69, 9.17) is 0 Å². The molecule has 2 atom stereocenters. The van der Waals surface area contributed by atoms with Gasteiger partial charge in [0.15, 0.2) is 0 Å². The van der Waals surface area contributed by atoms with Crippen LogP contribution in [0.4, 0.5) is 10.2 Å². The second kappa shape index (κ2) is 8.08. The predicted octanol–water partition coefficient (Wildman–Crippen LogP) is 2.26. The van der Waals surface area contributed by atoms with Crippen molar-refractivity contribution >= 4 is 28.6 Å². The summed E-state index contributed by atoms with van der Waals surface area (Å²) < 4.78 is 16.8. The molecule has 2 aromatic rings. The number of aliphatic hydroxyl groups excluding tert-OH is 1. The number of rotatable bonds is 4. The summed E-state index contributed by atoms with van der Waals surface area (Å²) in [6.45, 7) is 5.17. The van der Waals surface area contributed by atoms with E-state index in [0.717, 1.165) is 29.7 Å². The van der Waals surface area contributed by atoms with Crippen molar-refractivity contribution < 1.29 is 14.6 Å². The summed E-state index contributed by atoms with van der Waals surface area (Å²) in [5.74, 6) is 2.57. The third-order valence-corrected chi connectivity index (χ3v) is 6.69. The number of alkyl halides is 1. The van der Waals surface area contributed by atoms with Gasteiger partial charge >= 0.3 is 0 Å². The summed E-state index contributed by atoms with van der Waals surface area (Å²) in [4.78, 5) is 19.9. The van der Waals surface area contributed by atoms with Crippen molar-refractivity contribution in [2.24, 2.45) is 15.9 Å². The minimum atomic E-state index is -1.29. The van der Waals surface area contributed by atoms with Crippen LogP contribution in [0.2, 0.25) is 0 Å². The number of nitrogens with zero attached hydrogens (tertiary/aromatic N) is 6. The van der Waals surface area contributed by atoms with Crippen LogP contribution in [-0.2, 0) is 6.61 Å². The lowest BCUT2D eigenvalue weighted by Gasteiger charge is -2.41. The van der Waals surface area contributed by atoms with Gasteiger partial charge in [0.2, 0.25) is 5.96 Å². The highest BCUT2D eigenvalue weighted by molar-refractivity contribution is 6.04. The third kappa shape index (κ3) is 3.75. The van der Waals surface area contributed by atoms with Crippen molar-refractivity contribution in [1.29, 1.82) is 0 Å². The molecule has 0 amide bonds. The molecular formula is C22H30FN7O2. The quantitative estimate of drug-likeness (QED) is 0.669. The lowest BCUT2D eigenvalue weighted by molar-refractivity contribution is -0.0887. The van der Waals surface area contributed by atoms with E-state index in [1.54, 1.807) is 6.20 Å². The van der Waals surface area contributed by atoms with Gasteiger partial charge in [0.1, 0.15) is 41.4 Å². The highest BCUT2D eigenvalue weighted by atomic mass is 19.1. The molecule has 2 aromatic heterocycles. The summed E-state index contributed by atoms with van der Waals surface area (Å²) in [6.07, 6.45) is 3.26. The monoisotopic (exact) mass is 443 g/mol. The van der Waals surface area contributed by atoms with Crippen LogP contribution < -0.4 is 5.32 Å². The molecule has 9 nitrogen and oxygen atoms in total. The maximum Gasteiger partial charge on any atom is 0.222 e. The van der Waals surface area contributed by atoms with Crippen molar-refractivity contribution in [3.63, 3.8) is 0 Å².